The van der Waals surface area contributed by atoms with Crippen LogP contribution in [-0.4, -0.2) is 33.1 Å². The van der Waals surface area contributed by atoms with Gasteiger partial charge in [0.1, 0.15) is 17.6 Å². The zero-order valence-electron chi connectivity index (χ0n) is 11.7. The number of pyridine rings is 1. The molecule has 0 radical (unpaired) electrons. The monoisotopic (exact) mass is 290 g/mol. The molecule has 0 fully saturated rings. The summed E-state index contributed by atoms with van der Waals surface area (Å²) >= 11 is 0. The SMILES string of the molecule is CNc1cc(C(=O)Nc2c(C)n[nH]c2C)c([N+](=O)[O-])cn1. The molecule has 0 spiro atoms. The van der Waals surface area contributed by atoms with Crippen LogP contribution < -0.4 is 10.6 Å². The number of hydrogen-bond donors (Lipinski definition) is 3. The lowest BCUT2D eigenvalue weighted by Gasteiger charge is -2.07. The second-order valence-corrected chi connectivity index (χ2v) is 4.36. The van der Waals surface area contributed by atoms with Crippen molar-refractivity contribution in [2.24, 2.45) is 0 Å². The maximum absolute atomic E-state index is 12.3. The van der Waals surface area contributed by atoms with Crippen molar-refractivity contribution in [3.05, 3.63) is 39.3 Å². The molecule has 0 aliphatic carbocycles. The minimum atomic E-state index is -0.642. The standard InChI is InChI=1S/C12H14N6O3/c1-6-11(7(2)17-16-6)15-12(19)8-4-10(13-3)14-5-9(8)18(20)21/h4-5H,1-3H3,(H,13,14)(H,15,19)(H,16,17). The Labute approximate surface area is 119 Å². The highest BCUT2D eigenvalue weighted by atomic mass is 16.6. The van der Waals surface area contributed by atoms with Crippen LogP contribution in [0.5, 0.6) is 0 Å². The number of amides is 1. The first kappa shape index (κ1) is 14.4. The van der Waals surface area contributed by atoms with E-state index in [0.717, 1.165) is 6.20 Å². The Morgan fingerprint density at radius 2 is 2.14 bits per heavy atom. The van der Waals surface area contributed by atoms with Gasteiger partial charge in [-0.3, -0.25) is 20.0 Å². The molecule has 3 N–H and O–H groups in total. The molecule has 1 amide bonds. The van der Waals surface area contributed by atoms with Gasteiger partial charge in [0.25, 0.3) is 11.6 Å². The van der Waals surface area contributed by atoms with Gasteiger partial charge in [-0.05, 0) is 13.8 Å². The predicted octanol–water partition coefficient (Wildman–Crippen LogP) is 1.62. The highest BCUT2D eigenvalue weighted by Gasteiger charge is 2.23. The molecule has 2 rings (SSSR count). The normalized spacial score (nSPS) is 10.2. The molecule has 0 saturated heterocycles. The van der Waals surface area contributed by atoms with Gasteiger partial charge in [-0.25, -0.2) is 4.98 Å². The molecule has 0 saturated carbocycles. The second kappa shape index (κ2) is 5.57. The minimum Gasteiger partial charge on any atom is -0.373 e. The number of aromatic amines is 1. The highest BCUT2D eigenvalue weighted by molar-refractivity contribution is 6.07. The minimum absolute atomic E-state index is 0.0700. The maximum Gasteiger partial charge on any atom is 0.300 e. The molecule has 0 aliphatic heterocycles. The van der Waals surface area contributed by atoms with E-state index in [1.165, 1.54) is 6.07 Å². The van der Waals surface area contributed by atoms with Crippen molar-refractivity contribution in [3.8, 4) is 0 Å². The molecular weight excluding hydrogens is 276 g/mol. The van der Waals surface area contributed by atoms with Gasteiger partial charge in [-0.2, -0.15) is 5.10 Å². The van der Waals surface area contributed by atoms with Gasteiger partial charge in [0, 0.05) is 13.1 Å². The van der Waals surface area contributed by atoms with Crippen molar-refractivity contribution in [3.63, 3.8) is 0 Å². The summed E-state index contributed by atoms with van der Waals surface area (Å²) in [4.78, 5) is 26.5. The predicted molar refractivity (Wildman–Crippen MR) is 76.5 cm³/mol. The summed E-state index contributed by atoms with van der Waals surface area (Å²) in [5, 5.41) is 23.1. The lowest BCUT2D eigenvalue weighted by Crippen LogP contribution is -2.15. The molecule has 0 bridgehead atoms. The van der Waals surface area contributed by atoms with Gasteiger partial charge < -0.3 is 10.6 Å². The number of nitrogens with zero attached hydrogens (tertiary/aromatic N) is 3. The molecule has 0 unspecified atom stereocenters. The van der Waals surface area contributed by atoms with Crippen LogP contribution in [0.15, 0.2) is 12.3 Å². The van der Waals surface area contributed by atoms with Crippen LogP contribution in [0.4, 0.5) is 17.2 Å². The lowest BCUT2D eigenvalue weighted by atomic mass is 10.2. The van der Waals surface area contributed by atoms with Crippen molar-refractivity contribution in [1.82, 2.24) is 15.2 Å². The van der Waals surface area contributed by atoms with Crippen LogP contribution in [0, 0.1) is 24.0 Å². The maximum atomic E-state index is 12.3. The van der Waals surface area contributed by atoms with Crippen LogP contribution in [0.3, 0.4) is 0 Å². The van der Waals surface area contributed by atoms with Gasteiger partial charge in [-0.15, -0.1) is 0 Å². The molecular formula is C12H14N6O3. The van der Waals surface area contributed by atoms with Crippen molar-refractivity contribution < 1.29 is 9.72 Å². The first-order valence-electron chi connectivity index (χ1n) is 6.09. The van der Waals surface area contributed by atoms with E-state index in [4.69, 9.17) is 0 Å². The zero-order valence-corrected chi connectivity index (χ0v) is 11.7. The number of aryl methyl sites for hydroxylation is 2. The molecule has 2 aromatic rings. The Hall–Kier alpha value is -2.97. The number of nitro groups is 1. The topological polar surface area (TPSA) is 126 Å². The first-order chi connectivity index (χ1) is 9.93. The largest absolute Gasteiger partial charge is 0.373 e. The summed E-state index contributed by atoms with van der Waals surface area (Å²) < 4.78 is 0. The van der Waals surface area contributed by atoms with Crippen molar-refractivity contribution in [1.29, 1.82) is 0 Å². The van der Waals surface area contributed by atoms with Crippen molar-refractivity contribution >= 4 is 23.1 Å². The Bertz CT molecular complexity index is 690. The number of aromatic nitrogens is 3. The summed E-state index contributed by atoms with van der Waals surface area (Å²) in [5.74, 6) is -0.223. The Morgan fingerprint density at radius 3 is 2.67 bits per heavy atom. The quantitative estimate of drug-likeness (QED) is 0.580. The van der Waals surface area contributed by atoms with Gasteiger partial charge in [0.2, 0.25) is 0 Å². The van der Waals surface area contributed by atoms with Crippen LogP contribution >= 0.6 is 0 Å². The second-order valence-electron chi connectivity index (χ2n) is 4.36. The van der Waals surface area contributed by atoms with Crippen LogP contribution in [-0.2, 0) is 0 Å². The van der Waals surface area contributed by atoms with E-state index < -0.39 is 10.8 Å². The smallest absolute Gasteiger partial charge is 0.300 e. The number of hydrogen-bond acceptors (Lipinski definition) is 6. The van der Waals surface area contributed by atoms with Crippen LogP contribution in [0.1, 0.15) is 21.7 Å². The Balaban J connectivity index is 2.40. The fourth-order valence-corrected chi connectivity index (χ4v) is 1.83. The summed E-state index contributed by atoms with van der Waals surface area (Å²) in [7, 11) is 1.61. The van der Waals surface area contributed by atoms with Gasteiger partial charge in [0.05, 0.1) is 22.0 Å². The number of rotatable bonds is 4. The summed E-state index contributed by atoms with van der Waals surface area (Å²) in [6.07, 6.45) is 1.05. The molecule has 2 aromatic heterocycles. The van der Waals surface area contributed by atoms with Gasteiger partial charge in [-0.1, -0.05) is 0 Å². The number of nitrogens with one attached hydrogen (secondary N) is 3. The number of anilines is 2. The molecule has 0 aliphatic rings. The lowest BCUT2D eigenvalue weighted by molar-refractivity contribution is -0.385. The van der Waals surface area contributed by atoms with Crippen molar-refractivity contribution in [2.45, 2.75) is 13.8 Å². The Kier molecular flexibility index (Phi) is 3.83. The van der Waals surface area contributed by atoms with E-state index in [0.29, 0.717) is 22.9 Å². The van der Waals surface area contributed by atoms with Gasteiger partial charge in [0.15, 0.2) is 0 Å². The average molecular weight is 290 g/mol. The van der Waals surface area contributed by atoms with E-state index >= 15 is 0 Å². The third kappa shape index (κ3) is 2.81. The summed E-state index contributed by atoms with van der Waals surface area (Å²) in [6, 6.07) is 1.33. The number of H-pyrrole nitrogens is 1. The number of carbonyl (C=O) groups excluding carboxylic acids is 1. The van der Waals surface area contributed by atoms with Crippen molar-refractivity contribution in [2.75, 3.05) is 17.7 Å². The molecule has 21 heavy (non-hydrogen) atoms. The molecule has 0 atom stereocenters. The fraction of sp³-hybridized carbons (Fsp3) is 0.250. The van der Waals surface area contributed by atoms with E-state index in [9.17, 15) is 14.9 Å². The summed E-state index contributed by atoms with van der Waals surface area (Å²) in [5.41, 5.74) is 1.36. The molecule has 0 aromatic carbocycles. The number of carbonyl (C=O) groups is 1. The van der Waals surface area contributed by atoms with E-state index in [1.807, 2.05) is 0 Å². The third-order valence-corrected chi connectivity index (χ3v) is 2.95. The average Bonchev–Trinajstić information content (AvgIpc) is 2.78. The molecule has 2 heterocycles. The Morgan fingerprint density at radius 1 is 1.43 bits per heavy atom. The molecule has 110 valence electrons. The van der Waals surface area contributed by atoms with Gasteiger partial charge >= 0.3 is 0 Å². The summed E-state index contributed by atoms with van der Waals surface area (Å²) in [6.45, 7) is 3.47. The zero-order chi connectivity index (χ0) is 15.6. The fourth-order valence-electron chi connectivity index (χ4n) is 1.83. The van der Waals surface area contributed by atoms with E-state index in [2.05, 4.69) is 25.8 Å². The van der Waals surface area contributed by atoms with Crippen LogP contribution in [0.25, 0.3) is 0 Å². The van der Waals surface area contributed by atoms with E-state index in [1.54, 1.807) is 20.9 Å². The third-order valence-electron chi connectivity index (χ3n) is 2.95. The van der Waals surface area contributed by atoms with E-state index in [-0.39, 0.29) is 11.3 Å². The highest BCUT2D eigenvalue weighted by Crippen LogP contribution is 2.23. The first-order valence-corrected chi connectivity index (χ1v) is 6.09. The molecule has 9 heteroatoms. The van der Waals surface area contributed by atoms with Crippen LogP contribution in [0.2, 0.25) is 0 Å². The molecule has 9 nitrogen and oxygen atoms in total.